The Hall–Kier alpha value is -5.49. The fourth-order valence-corrected chi connectivity index (χ4v) is 8.09. The topological polar surface area (TPSA) is 78.9 Å². The Bertz CT molecular complexity index is 1900. The molecule has 0 aliphatic rings. The summed E-state index contributed by atoms with van der Waals surface area (Å²) in [5.41, 5.74) is 0. The van der Waals surface area contributed by atoms with Gasteiger partial charge in [-0.15, -0.1) is 0 Å². The van der Waals surface area contributed by atoms with Gasteiger partial charge in [-0.2, -0.15) is 0 Å². The first-order valence-corrected chi connectivity index (χ1v) is 32.3. The van der Waals surface area contributed by atoms with E-state index in [0.29, 0.717) is 12.8 Å². The summed E-state index contributed by atoms with van der Waals surface area (Å²) < 4.78 is 16.8. The Labute approximate surface area is 497 Å². The second kappa shape index (κ2) is 67.0. The molecule has 0 aliphatic carbocycles. The first-order valence-electron chi connectivity index (χ1n) is 32.3. The summed E-state index contributed by atoms with van der Waals surface area (Å²) in [7, 11) is 0. The van der Waals surface area contributed by atoms with Gasteiger partial charge in [0.2, 0.25) is 0 Å². The highest BCUT2D eigenvalue weighted by Gasteiger charge is 2.19. The Kier molecular flexibility index (Phi) is 62.5. The van der Waals surface area contributed by atoms with Gasteiger partial charge in [0, 0.05) is 19.3 Å². The Morgan fingerprint density at radius 1 is 0.259 bits per heavy atom. The summed E-state index contributed by atoms with van der Waals surface area (Å²) in [5.74, 6) is -0.989. The van der Waals surface area contributed by atoms with Gasteiger partial charge in [-0.05, 0) is 154 Å². The Morgan fingerprint density at radius 3 is 0.790 bits per heavy atom. The molecule has 0 aliphatic heterocycles. The fourth-order valence-electron chi connectivity index (χ4n) is 8.09. The van der Waals surface area contributed by atoms with Crippen molar-refractivity contribution in [2.24, 2.45) is 0 Å². The molecule has 452 valence electrons. The van der Waals surface area contributed by atoms with E-state index in [1.807, 2.05) is 0 Å². The molecule has 0 saturated heterocycles. The monoisotopic (exact) mass is 1110 g/mol. The molecule has 0 aromatic heterocycles. The van der Waals surface area contributed by atoms with Crippen LogP contribution in [0.1, 0.15) is 252 Å². The van der Waals surface area contributed by atoms with Gasteiger partial charge in [-0.25, -0.2) is 0 Å². The van der Waals surface area contributed by atoms with E-state index in [1.165, 1.54) is 38.5 Å². The van der Waals surface area contributed by atoms with Gasteiger partial charge in [0.1, 0.15) is 13.2 Å². The number of allylic oxidation sites excluding steroid dienone is 30. The standard InChI is InChI=1S/C75H116O6/c1-4-7-10-13-16-19-22-24-26-28-30-32-34-36-37-39-40-42-44-46-48-50-53-56-59-62-65-68-74(77)80-71-72(70-79-73(76)67-64-61-58-55-52-21-18-15-12-9-6-3)81-75(78)69-66-63-60-57-54-51-49-47-45-43-41-38-35-33-31-29-27-25-23-20-17-14-11-8-5-2/h7-8,10-11,15-20,24-27,30-33,36-38,40-42,45-48,53,56,72H,4-6,9,12-14,21-23,28-29,34-35,39,43-44,49-52,54-55,57-71H2,1-3H3/b10-7-,11-8-,18-15-,19-16-,20-17-,26-24-,27-25-,32-30-,33-31-,37-36-,41-38-,42-40-,47-45-,48-46-,56-53-. The number of hydrogen-bond acceptors (Lipinski definition) is 6. The lowest BCUT2D eigenvalue weighted by Gasteiger charge is -2.18. The van der Waals surface area contributed by atoms with Crippen molar-refractivity contribution < 1.29 is 28.6 Å². The molecule has 0 saturated carbocycles. The van der Waals surface area contributed by atoms with Crippen LogP contribution in [0.2, 0.25) is 0 Å². The van der Waals surface area contributed by atoms with Crippen molar-refractivity contribution in [2.45, 2.75) is 258 Å². The normalized spacial score (nSPS) is 13.4. The van der Waals surface area contributed by atoms with Crippen LogP contribution in [0.25, 0.3) is 0 Å². The smallest absolute Gasteiger partial charge is 0.306 e. The first kappa shape index (κ1) is 75.5. The van der Waals surface area contributed by atoms with E-state index >= 15 is 0 Å². The fraction of sp³-hybridized carbons (Fsp3) is 0.560. The lowest BCUT2D eigenvalue weighted by molar-refractivity contribution is -0.167. The van der Waals surface area contributed by atoms with Crippen molar-refractivity contribution in [3.63, 3.8) is 0 Å². The molecule has 0 radical (unpaired) electrons. The van der Waals surface area contributed by atoms with Crippen LogP contribution >= 0.6 is 0 Å². The number of ether oxygens (including phenoxy) is 3. The summed E-state index contributed by atoms with van der Waals surface area (Å²) in [4.78, 5) is 38.3. The zero-order valence-corrected chi connectivity index (χ0v) is 51.7. The summed E-state index contributed by atoms with van der Waals surface area (Å²) in [5, 5.41) is 0. The van der Waals surface area contributed by atoms with E-state index in [-0.39, 0.29) is 44.0 Å². The van der Waals surface area contributed by atoms with E-state index < -0.39 is 6.10 Å². The number of carbonyl (C=O) groups excluding carboxylic acids is 3. The number of hydrogen-bond donors (Lipinski definition) is 0. The van der Waals surface area contributed by atoms with Gasteiger partial charge in [-0.1, -0.05) is 261 Å². The highest BCUT2D eigenvalue weighted by Crippen LogP contribution is 2.13. The molecular formula is C75H116O6. The van der Waals surface area contributed by atoms with E-state index in [9.17, 15) is 14.4 Å². The zero-order valence-electron chi connectivity index (χ0n) is 51.7. The maximum Gasteiger partial charge on any atom is 0.306 e. The SMILES string of the molecule is CC/C=C\C/C=C\C/C=C\C/C=C\C/C=C\C/C=C\C/C=C\C/C=C\CCCCC(=O)OCC(COC(=O)CCCCCCC/C=C\CCCC)OC(=O)CCCCCCCC/C=C\C/C=C\C/C=C\C/C=C\C/C=C\C/C=C\CC. The van der Waals surface area contributed by atoms with E-state index in [1.54, 1.807) is 0 Å². The lowest BCUT2D eigenvalue weighted by Crippen LogP contribution is -2.30. The van der Waals surface area contributed by atoms with E-state index in [2.05, 4.69) is 203 Å². The lowest BCUT2D eigenvalue weighted by atomic mass is 10.1. The second-order valence-corrected chi connectivity index (χ2v) is 20.5. The van der Waals surface area contributed by atoms with Crippen LogP contribution in [0.5, 0.6) is 0 Å². The summed E-state index contributed by atoms with van der Waals surface area (Å²) in [6.45, 7) is 6.30. The van der Waals surface area contributed by atoms with Gasteiger partial charge >= 0.3 is 17.9 Å². The highest BCUT2D eigenvalue weighted by atomic mass is 16.6. The van der Waals surface area contributed by atoms with Crippen LogP contribution in [0, 0.1) is 0 Å². The molecule has 0 spiro atoms. The number of unbranched alkanes of at least 4 members (excludes halogenated alkanes) is 15. The third-order valence-electron chi connectivity index (χ3n) is 12.9. The summed E-state index contributed by atoms with van der Waals surface area (Å²) in [6, 6.07) is 0. The molecule has 0 bridgehead atoms. The predicted octanol–water partition coefficient (Wildman–Crippen LogP) is 22.4. The van der Waals surface area contributed by atoms with Crippen molar-refractivity contribution in [1.29, 1.82) is 0 Å². The molecule has 6 heteroatoms. The molecule has 0 heterocycles. The average molecular weight is 1110 g/mol. The third kappa shape index (κ3) is 65.2. The molecule has 81 heavy (non-hydrogen) atoms. The highest BCUT2D eigenvalue weighted by molar-refractivity contribution is 5.71. The largest absolute Gasteiger partial charge is 0.462 e. The Balaban J connectivity index is 4.46. The minimum atomic E-state index is -0.819. The minimum absolute atomic E-state index is 0.111. The van der Waals surface area contributed by atoms with E-state index in [4.69, 9.17) is 14.2 Å². The quantitative estimate of drug-likeness (QED) is 0.0261. The van der Waals surface area contributed by atoms with Gasteiger partial charge in [0.05, 0.1) is 0 Å². The molecule has 0 amide bonds. The predicted molar refractivity (Wildman–Crippen MR) is 352 cm³/mol. The van der Waals surface area contributed by atoms with Crippen LogP contribution in [-0.2, 0) is 28.6 Å². The van der Waals surface area contributed by atoms with Crippen LogP contribution in [-0.4, -0.2) is 37.2 Å². The molecule has 0 rings (SSSR count). The molecule has 0 aromatic rings. The van der Waals surface area contributed by atoms with Crippen molar-refractivity contribution in [2.75, 3.05) is 13.2 Å². The van der Waals surface area contributed by atoms with Crippen LogP contribution in [0.4, 0.5) is 0 Å². The van der Waals surface area contributed by atoms with Crippen molar-refractivity contribution in [3.05, 3.63) is 182 Å². The zero-order chi connectivity index (χ0) is 58.5. The first-order chi connectivity index (χ1) is 40.0. The van der Waals surface area contributed by atoms with Crippen LogP contribution in [0.15, 0.2) is 182 Å². The summed E-state index contributed by atoms with van der Waals surface area (Å²) >= 11 is 0. The van der Waals surface area contributed by atoms with Gasteiger partial charge in [0.15, 0.2) is 6.10 Å². The average Bonchev–Trinajstić information content (AvgIpc) is 3.47. The van der Waals surface area contributed by atoms with Gasteiger partial charge < -0.3 is 14.2 Å². The maximum atomic E-state index is 12.9. The Morgan fingerprint density at radius 2 is 0.481 bits per heavy atom. The van der Waals surface area contributed by atoms with Gasteiger partial charge in [0.25, 0.3) is 0 Å². The molecule has 0 aromatic carbocycles. The van der Waals surface area contributed by atoms with Crippen LogP contribution in [0.3, 0.4) is 0 Å². The molecule has 1 unspecified atom stereocenters. The minimum Gasteiger partial charge on any atom is -0.462 e. The molecule has 0 fully saturated rings. The molecule has 1 atom stereocenters. The molecular weight excluding hydrogens is 997 g/mol. The molecule has 0 N–H and O–H groups in total. The second-order valence-electron chi connectivity index (χ2n) is 20.5. The number of rotatable bonds is 56. The van der Waals surface area contributed by atoms with Crippen molar-refractivity contribution in [3.8, 4) is 0 Å². The molecule has 6 nitrogen and oxygen atoms in total. The number of carbonyl (C=O) groups is 3. The van der Waals surface area contributed by atoms with Gasteiger partial charge in [-0.3, -0.25) is 14.4 Å². The third-order valence-corrected chi connectivity index (χ3v) is 12.9. The van der Waals surface area contributed by atoms with Crippen LogP contribution < -0.4 is 0 Å². The van der Waals surface area contributed by atoms with Crippen molar-refractivity contribution in [1.82, 2.24) is 0 Å². The van der Waals surface area contributed by atoms with E-state index in [0.717, 1.165) is 167 Å². The number of esters is 3. The summed E-state index contributed by atoms with van der Waals surface area (Å²) in [6.07, 6.45) is 100. The maximum absolute atomic E-state index is 12.9. The van der Waals surface area contributed by atoms with Crippen molar-refractivity contribution >= 4 is 17.9 Å².